The molecule has 10 nitrogen and oxygen atoms in total. The largest absolute Gasteiger partial charge is 0.430 e. The summed E-state index contributed by atoms with van der Waals surface area (Å²) < 4.78 is 133. The van der Waals surface area contributed by atoms with Gasteiger partial charge in [-0.15, -0.1) is 0 Å². The highest BCUT2D eigenvalue weighted by Gasteiger charge is 2.71. The maximum atomic E-state index is 13.6. The van der Waals surface area contributed by atoms with Crippen LogP contribution in [0.2, 0.25) is 0 Å². The molecule has 1 aromatic carbocycles. The van der Waals surface area contributed by atoms with E-state index in [0.29, 0.717) is 6.07 Å². The van der Waals surface area contributed by atoms with Gasteiger partial charge in [0.25, 0.3) is 5.60 Å². The van der Waals surface area contributed by atoms with Crippen LogP contribution in [-0.4, -0.2) is 81.0 Å². The minimum atomic E-state index is -6.16. The monoisotopic (exact) mass is 639 g/mol. The fourth-order valence-corrected chi connectivity index (χ4v) is 6.32. The van der Waals surface area contributed by atoms with Gasteiger partial charge in [-0.2, -0.15) is 30.6 Å². The molecule has 1 aliphatic heterocycles. The first kappa shape index (κ1) is 31.5. The molecule has 0 amide bonds. The summed E-state index contributed by atoms with van der Waals surface area (Å²) in [5, 5.41) is 9.96. The van der Waals surface area contributed by atoms with Crippen LogP contribution >= 0.6 is 0 Å². The molecule has 1 saturated heterocycles. The maximum absolute atomic E-state index is 13.6. The first-order valence-corrected chi connectivity index (χ1v) is 15.2. The van der Waals surface area contributed by atoms with Gasteiger partial charge in [0.15, 0.2) is 9.84 Å². The number of nitrogens with two attached hydrogens (primary N) is 1. The average molecular weight is 640 g/mol. The minimum absolute atomic E-state index is 0.00134. The van der Waals surface area contributed by atoms with E-state index in [9.17, 15) is 48.3 Å². The zero-order valence-corrected chi connectivity index (χ0v) is 23.2. The minimum Gasteiger partial charge on any atom is -0.384 e. The Labute approximate surface area is 236 Å². The van der Waals surface area contributed by atoms with Gasteiger partial charge in [-0.05, 0) is 35.9 Å². The van der Waals surface area contributed by atoms with E-state index in [1.165, 1.54) is 29.2 Å². The van der Waals surface area contributed by atoms with E-state index in [1.807, 2.05) is 0 Å². The molecule has 4 rings (SSSR count). The highest BCUT2D eigenvalue weighted by molar-refractivity contribution is 7.90. The van der Waals surface area contributed by atoms with E-state index in [1.54, 1.807) is 0 Å². The van der Waals surface area contributed by atoms with Crippen molar-refractivity contribution in [2.75, 3.05) is 43.1 Å². The molecule has 3 heterocycles. The molecule has 18 heteroatoms. The van der Waals surface area contributed by atoms with Crippen LogP contribution in [0.5, 0.6) is 0 Å². The Morgan fingerprint density at radius 2 is 1.36 bits per heavy atom. The molecule has 0 radical (unpaired) electrons. The number of nitrogens with zero attached hydrogens (tertiary/aromatic N) is 4. The van der Waals surface area contributed by atoms with E-state index in [-0.39, 0.29) is 64.9 Å². The topological polar surface area (TPSA) is 147 Å². The summed E-state index contributed by atoms with van der Waals surface area (Å²) >= 11 is 0. The normalized spacial score (nSPS) is 16.0. The molecule has 42 heavy (non-hydrogen) atoms. The van der Waals surface area contributed by atoms with E-state index in [0.717, 1.165) is 28.9 Å². The molecule has 3 N–H and O–H groups in total. The van der Waals surface area contributed by atoms with Gasteiger partial charge >= 0.3 is 12.4 Å². The average Bonchev–Trinajstić information content (AvgIpc) is 2.91. The van der Waals surface area contributed by atoms with E-state index >= 15 is 0 Å². The SMILES string of the molecule is CS(=O)(=O)c1ccc(-c2cc(C(O)(C(F)(F)F)C(F)(F)F)cnc2N2CCN(S(=O)(=O)c3ccc(N)nc3)CC2)cc1. The maximum Gasteiger partial charge on any atom is 0.430 e. The lowest BCUT2D eigenvalue weighted by molar-refractivity contribution is -0.376. The van der Waals surface area contributed by atoms with Gasteiger partial charge in [0, 0.05) is 56.0 Å². The summed E-state index contributed by atoms with van der Waals surface area (Å²) in [6.45, 7) is -0.383. The number of aromatic nitrogens is 2. The van der Waals surface area contributed by atoms with Crippen LogP contribution in [0.25, 0.3) is 11.1 Å². The molecule has 2 aromatic heterocycles. The van der Waals surface area contributed by atoms with Gasteiger partial charge in [0.2, 0.25) is 10.0 Å². The number of hydrogen-bond acceptors (Lipinski definition) is 9. The number of rotatable bonds is 6. The smallest absolute Gasteiger partial charge is 0.384 e. The molecular formula is C24H23F6N5O5S2. The number of halogens is 6. The highest BCUT2D eigenvalue weighted by atomic mass is 32.2. The predicted molar refractivity (Wildman–Crippen MR) is 138 cm³/mol. The van der Waals surface area contributed by atoms with Crippen molar-refractivity contribution < 1.29 is 48.3 Å². The molecule has 228 valence electrons. The number of piperazine rings is 1. The summed E-state index contributed by atoms with van der Waals surface area (Å²) in [4.78, 5) is 8.79. The number of sulfone groups is 1. The summed E-state index contributed by atoms with van der Waals surface area (Å²) in [7, 11) is -7.68. The van der Waals surface area contributed by atoms with Crippen molar-refractivity contribution in [3.05, 3.63) is 60.4 Å². The van der Waals surface area contributed by atoms with Crippen LogP contribution in [-0.2, 0) is 25.5 Å². The number of sulfonamides is 1. The van der Waals surface area contributed by atoms with Crippen LogP contribution in [0, 0.1) is 0 Å². The first-order valence-electron chi connectivity index (χ1n) is 11.9. The fraction of sp³-hybridized carbons (Fsp3) is 0.333. The third-order valence-corrected chi connectivity index (χ3v) is 9.64. The summed E-state index contributed by atoms with van der Waals surface area (Å²) in [5.41, 5.74) is -1.64. The second kappa shape index (κ2) is 10.7. The van der Waals surface area contributed by atoms with Gasteiger partial charge in [-0.3, -0.25) is 0 Å². The van der Waals surface area contributed by atoms with Crippen LogP contribution in [0.3, 0.4) is 0 Å². The molecule has 0 spiro atoms. The lowest BCUT2D eigenvalue weighted by Gasteiger charge is -2.36. The second-order valence-corrected chi connectivity index (χ2v) is 13.4. The second-order valence-electron chi connectivity index (χ2n) is 9.41. The molecule has 0 unspecified atom stereocenters. The first-order chi connectivity index (χ1) is 19.3. The van der Waals surface area contributed by atoms with Crippen LogP contribution in [0.1, 0.15) is 5.56 Å². The van der Waals surface area contributed by atoms with Crippen LogP contribution < -0.4 is 10.6 Å². The summed E-state index contributed by atoms with van der Waals surface area (Å²) in [6.07, 6.45) is -10.1. The lowest BCUT2D eigenvalue weighted by atomic mass is 9.91. The quantitative estimate of drug-likeness (QED) is 0.389. The van der Waals surface area contributed by atoms with Crippen molar-refractivity contribution in [1.82, 2.24) is 14.3 Å². The van der Waals surface area contributed by atoms with Crippen molar-refractivity contribution >= 4 is 31.5 Å². The van der Waals surface area contributed by atoms with Gasteiger partial charge in [0.05, 0.1) is 4.90 Å². The Morgan fingerprint density at radius 3 is 1.83 bits per heavy atom. The number of hydrogen-bond donors (Lipinski definition) is 2. The Morgan fingerprint density at radius 1 is 0.810 bits per heavy atom. The number of pyridine rings is 2. The van der Waals surface area contributed by atoms with Gasteiger partial charge in [0.1, 0.15) is 16.5 Å². The third-order valence-electron chi connectivity index (χ3n) is 6.63. The fourth-order valence-electron chi connectivity index (χ4n) is 4.32. The van der Waals surface area contributed by atoms with Gasteiger partial charge in [-0.1, -0.05) is 12.1 Å². The van der Waals surface area contributed by atoms with Crippen LogP contribution in [0.4, 0.5) is 38.0 Å². The van der Waals surface area contributed by atoms with Crippen LogP contribution in [0.15, 0.2) is 64.6 Å². The number of aliphatic hydroxyl groups is 1. The zero-order chi connectivity index (χ0) is 31.3. The van der Waals surface area contributed by atoms with Crippen molar-refractivity contribution in [3.63, 3.8) is 0 Å². The molecule has 0 bridgehead atoms. The molecule has 0 saturated carbocycles. The Kier molecular flexibility index (Phi) is 7.98. The van der Waals surface area contributed by atoms with Crippen molar-refractivity contribution in [2.24, 2.45) is 0 Å². The lowest BCUT2D eigenvalue weighted by Crippen LogP contribution is -2.54. The number of alkyl halides is 6. The van der Waals surface area contributed by atoms with Crippen molar-refractivity contribution in [2.45, 2.75) is 27.7 Å². The standard InChI is InChI=1S/C24H23F6N5O5S2/c1-41(37,38)17-4-2-15(3-5-17)19-12-16(22(36,23(25,26)27)24(28,29)30)13-33-21(19)34-8-10-35(11-9-34)42(39,40)18-6-7-20(31)32-14-18/h2-7,12-14,36H,8-11H2,1H3,(H2,31,32). The highest BCUT2D eigenvalue weighted by Crippen LogP contribution is 2.51. The molecule has 3 aromatic rings. The summed E-state index contributed by atoms with van der Waals surface area (Å²) in [5.74, 6) is -0.00270. The van der Waals surface area contributed by atoms with E-state index < -0.39 is 43.4 Å². The summed E-state index contributed by atoms with van der Waals surface area (Å²) in [6, 6.07) is 7.65. The Balaban J connectivity index is 1.76. The van der Waals surface area contributed by atoms with Gasteiger partial charge < -0.3 is 15.7 Å². The molecule has 1 aliphatic rings. The molecule has 0 atom stereocenters. The Bertz CT molecular complexity index is 1660. The zero-order valence-electron chi connectivity index (χ0n) is 21.6. The number of anilines is 2. The van der Waals surface area contributed by atoms with Crippen molar-refractivity contribution in [3.8, 4) is 11.1 Å². The number of nitrogen functional groups attached to an aromatic ring is 1. The molecular weight excluding hydrogens is 616 g/mol. The Hall–Kier alpha value is -3.48. The third kappa shape index (κ3) is 5.75. The van der Waals surface area contributed by atoms with Crippen molar-refractivity contribution in [1.29, 1.82) is 0 Å². The predicted octanol–water partition coefficient (Wildman–Crippen LogP) is 2.95. The van der Waals surface area contributed by atoms with E-state index in [2.05, 4.69) is 9.97 Å². The molecule has 0 aliphatic carbocycles. The molecule has 1 fully saturated rings. The van der Waals surface area contributed by atoms with Gasteiger partial charge in [-0.25, -0.2) is 26.8 Å². The van der Waals surface area contributed by atoms with E-state index in [4.69, 9.17) is 5.73 Å². The number of benzene rings is 1.